The number of carbonyl (C=O) groups is 2. The van der Waals surface area contributed by atoms with Gasteiger partial charge >= 0.3 is 11.9 Å². The monoisotopic (exact) mass is 408 g/mol. The summed E-state index contributed by atoms with van der Waals surface area (Å²) in [4.78, 5) is 24.2. The number of aliphatic carboxylic acids is 1. The van der Waals surface area contributed by atoms with Crippen molar-refractivity contribution in [2.24, 2.45) is 17.8 Å². The van der Waals surface area contributed by atoms with E-state index in [9.17, 15) is 14.7 Å². The first kappa shape index (κ1) is 25.7. The molecule has 0 aromatic heterocycles. The molecule has 29 heavy (non-hydrogen) atoms. The summed E-state index contributed by atoms with van der Waals surface area (Å²) in [5.41, 5.74) is 0. The molecule has 4 nitrogen and oxygen atoms in total. The average molecular weight is 409 g/mol. The van der Waals surface area contributed by atoms with Gasteiger partial charge in [0.25, 0.3) is 0 Å². The molecular weight excluding hydrogens is 364 g/mol. The van der Waals surface area contributed by atoms with E-state index in [0.29, 0.717) is 6.42 Å². The van der Waals surface area contributed by atoms with Crippen LogP contribution in [-0.2, 0) is 14.3 Å². The molecule has 168 valence electrons. The fraction of sp³-hybridized carbons (Fsp3) is 0.840. The molecule has 0 radical (unpaired) electrons. The Bertz CT molecular complexity index is 483. The molecule has 0 saturated carbocycles. The van der Waals surface area contributed by atoms with Crippen molar-refractivity contribution in [2.45, 2.75) is 117 Å². The second kappa shape index (κ2) is 15.5. The van der Waals surface area contributed by atoms with Gasteiger partial charge in [-0.15, -0.1) is 0 Å². The molecule has 0 saturated heterocycles. The number of esters is 1. The largest absolute Gasteiger partial charge is 0.481 e. The average Bonchev–Trinajstić information content (AvgIpc) is 2.69. The van der Waals surface area contributed by atoms with Crippen LogP contribution in [0.4, 0.5) is 0 Å². The summed E-state index contributed by atoms with van der Waals surface area (Å²) in [6.07, 6.45) is 18.7. The van der Waals surface area contributed by atoms with Gasteiger partial charge in [-0.3, -0.25) is 9.59 Å². The summed E-state index contributed by atoms with van der Waals surface area (Å²) in [5.74, 6) is -1.77. The van der Waals surface area contributed by atoms with E-state index in [1.165, 1.54) is 51.4 Å². The highest BCUT2D eigenvalue weighted by molar-refractivity contribution is 5.83. The molecule has 0 aliphatic heterocycles. The Hall–Kier alpha value is -1.32. The molecule has 0 aromatic rings. The van der Waals surface area contributed by atoms with E-state index in [0.717, 1.165) is 38.0 Å². The molecule has 0 heterocycles. The smallest absolute Gasteiger partial charge is 0.313 e. The molecule has 1 rings (SSSR count). The zero-order chi connectivity index (χ0) is 21.5. The first-order valence-corrected chi connectivity index (χ1v) is 12.1. The first-order chi connectivity index (χ1) is 14.0. The summed E-state index contributed by atoms with van der Waals surface area (Å²) in [7, 11) is 0. The van der Waals surface area contributed by atoms with Crippen LogP contribution in [0.3, 0.4) is 0 Å². The number of ether oxygens (including phenoxy) is 1. The number of allylic oxidation sites excluding steroid dienone is 1. The van der Waals surface area contributed by atoms with Gasteiger partial charge in [0.1, 0.15) is 6.10 Å². The van der Waals surface area contributed by atoms with Crippen molar-refractivity contribution >= 4 is 11.9 Å². The number of carbonyl (C=O) groups excluding carboxylic acids is 1. The Labute approximate surface area is 178 Å². The van der Waals surface area contributed by atoms with Gasteiger partial charge in [-0.05, 0) is 44.4 Å². The Morgan fingerprint density at radius 1 is 0.966 bits per heavy atom. The molecule has 0 amide bonds. The minimum Gasteiger partial charge on any atom is -0.481 e. The lowest BCUT2D eigenvalue weighted by molar-refractivity contribution is -0.160. The van der Waals surface area contributed by atoms with E-state index in [1.807, 2.05) is 6.08 Å². The maximum atomic E-state index is 12.7. The number of unbranched alkanes of at least 4 members (excludes halogenated alkanes) is 7. The fourth-order valence-electron chi connectivity index (χ4n) is 4.11. The summed E-state index contributed by atoms with van der Waals surface area (Å²) in [6.45, 7) is 6.72. The van der Waals surface area contributed by atoms with E-state index in [4.69, 9.17) is 4.74 Å². The molecule has 4 heteroatoms. The second-order valence-electron chi connectivity index (χ2n) is 9.12. The number of carboxylic acid groups (broad SMARTS) is 1. The first-order valence-electron chi connectivity index (χ1n) is 12.1. The lowest BCUT2D eigenvalue weighted by Gasteiger charge is -2.26. The third-order valence-electron chi connectivity index (χ3n) is 5.98. The van der Waals surface area contributed by atoms with Crippen molar-refractivity contribution in [1.82, 2.24) is 0 Å². The third kappa shape index (κ3) is 11.4. The minimum absolute atomic E-state index is 0.0718. The predicted molar refractivity (Wildman–Crippen MR) is 119 cm³/mol. The van der Waals surface area contributed by atoms with Gasteiger partial charge in [0, 0.05) is 0 Å². The Morgan fingerprint density at radius 2 is 1.55 bits per heavy atom. The Kier molecular flexibility index (Phi) is 13.8. The van der Waals surface area contributed by atoms with Gasteiger partial charge in [-0.1, -0.05) is 84.3 Å². The lowest BCUT2D eigenvalue weighted by Crippen LogP contribution is -2.33. The molecule has 0 spiro atoms. The van der Waals surface area contributed by atoms with Gasteiger partial charge in [-0.2, -0.15) is 0 Å². The SMILES string of the molecule is CCCCCCCCC(CCCCCC(C)C)OC(=O)C1C=CCCC1C(=O)O. The van der Waals surface area contributed by atoms with Crippen LogP contribution in [-0.4, -0.2) is 23.1 Å². The maximum Gasteiger partial charge on any atom is 0.313 e. The van der Waals surface area contributed by atoms with E-state index in [1.54, 1.807) is 6.08 Å². The van der Waals surface area contributed by atoms with Crippen molar-refractivity contribution in [3.63, 3.8) is 0 Å². The van der Waals surface area contributed by atoms with Gasteiger partial charge in [0.2, 0.25) is 0 Å². The van der Waals surface area contributed by atoms with Crippen LogP contribution in [0, 0.1) is 17.8 Å². The number of rotatable bonds is 16. The fourth-order valence-corrected chi connectivity index (χ4v) is 4.11. The summed E-state index contributed by atoms with van der Waals surface area (Å²) >= 11 is 0. The Balaban J connectivity index is 2.51. The van der Waals surface area contributed by atoms with Gasteiger partial charge in [0.05, 0.1) is 11.8 Å². The van der Waals surface area contributed by atoms with E-state index in [2.05, 4.69) is 20.8 Å². The molecule has 1 N–H and O–H groups in total. The van der Waals surface area contributed by atoms with Crippen molar-refractivity contribution in [1.29, 1.82) is 0 Å². The highest BCUT2D eigenvalue weighted by Crippen LogP contribution is 2.28. The van der Waals surface area contributed by atoms with E-state index < -0.39 is 17.8 Å². The van der Waals surface area contributed by atoms with E-state index >= 15 is 0 Å². The van der Waals surface area contributed by atoms with Crippen LogP contribution in [0.2, 0.25) is 0 Å². The standard InChI is InChI=1S/C25H44O4/c1-4-5-6-7-8-11-16-21(17-12-9-10-15-20(2)3)29-25(28)23-19-14-13-18-22(23)24(26)27/h14,19-23H,4-13,15-18H2,1-3H3,(H,26,27). The summed E-state index contributed by atoms with van der Waals surface area (Å²) in [5, 5.41) is 9.44. The van der Waals surface area contributed by atoms with Crippen LogP contribution in [0.5, 0.6) is 0 Å². The third-order valence-corrected chi connectivity index (χ3v) is 5.98. The van der Waals surface area contributed by atoms with Gasteiger partial charge < -0.3 is 9.84 Å². The lowest BCUT2D eigenvalue weighted by atomic mass is 9.84. The van der Waals surface area contributed by atoms with Crippen molar-refractivity contribution < 1.29 is 19.4 Å². The highest BCUT2D eigenvalue weighted by Gasteiger charge is 2.35. The van der Waals surface area contributed by atoms with Crippen molar-refractivity contribution in [3.05, 3.63) is 12.2 Å². The molecule has 0 fully saturated rings. The second-order valence-corrected chi connectivity index (χ2v) is 9.12. The van der Waals surface area contributed by atoms with Crippen LogP contribution in [0.1, 0.15) is 111 Å². The molecule has 1 aliphatic carbocycles. The zero-order valence-electron chi connectivity index (χ0n) is 19.0. The van der Waals surface area contributed by atoms with Crippen LogP contribution >= 0.6 is 0 Å². The quantitative estimate of drug-likeness (QED) is 0.171. The van der Waals surface area contributed by atoms with Crippen LogP contribution in [0.25, 0.3) is 0 Å². The van der Waals surface area contributed by atoms with Crippen molar-refractivity contribution in [2.75, 3.05) is 0 Å². The van der Waals surface area contributed by atoms with Gasteiger partial charge in [-0.25, -0.2) is 0 Å². The topological polar surface area (TPSA) is 63.6 Å². The van der Waals surface area contributed by atoms with Crippen molar-refractivity contribution in [3.8, 4) is 0 Å². The van der Waals surface area contributed by atoms with Crippen LogP contribution < -0.4 is 0 Å². The zero-order valence-corrected chi connectivity index (χ0v) is 19.0. The number of hydrogen-bond acceptors (Lipinski definition) is 3. The minimum atomic E-state index is -0.891. The predicted octanol–water partition coefficient (Wildman–Crippen LogP) is 6.92. The molecule has 1 aliphatic rings. The summed E-state index contributed by atoms with van der Waals surface area (Å²) in [6, 6.07) is 0. The highest BCUT2D eigenvalue weighted by atomic mass is 16.5. The molecule has 3 atom stereocenters. The number of hydrogen-bond donors (Lipinski definition) is 1. The van der Waals surface area contributed by atoms with Gasteiger partial charge in [0.15, 0.2) is 0 Å². The number of carboxylic acids is 1. The van der Waals surface area contributed by atoms with Crippen LogP contribution in [0.15, 0.2) is 12.2 Å². The molecular formula is C25H44O4. The van der Waals surface area contributed by atoms with E-state index in [-0.39, 0.29) is 12.1 Å². The summed E-state index contributed by atoms with van der Waals surface area (Å²) < 4.78 is 5.87. The molecule has 3 unspecified atom stereocenters. The Morgan fingerprint density at radius 3 is 2.17 bits per heavy atom. The normalized spacial score (nSPS) is 20.0. The maximum absolute atomic E-state index is 12.7. The molecule has 0 aromatic carbocycles. The molecule has 0 bridgehead atoms.